The number of anilines is 1. The molecule has 1 saturated carbocycles. The summed E-state index contributed by atoms with van der Waals surface area (Å²) in [6.07, 6.45) is 7.23. The van der Waals surface area contributed by atoms with Crippen molar-refractivity contribution in [2.45, 2.75) is 38.6 Å². The number of carbonyl (C=O) groups is 1. The Balaban J connectivity index is 1.89. The van der Waals surface area contributed by atoms with Crippen molar-refractivity contribution in [1.29, 1.82) is 0 Å². The lowest BCUT2D eigenvalue weighted by molar-refractivity contribution is -0.149. The molecule has 1 fully saturated rings. The first-order valence-electron chi connectivity index (χ1n) is 6.49. The molecule has 1 aromatic rings. The molecular formula is C13H19N3O2. The predicted molar refractivity (Wildman–Crippen MR) is 68.0 cm³/mol. The van der Waals surface area contributed by atoms with E-state index in [1.807, 2.05) is 6.92 Å². The van der Waals surface area contributed by atoms with Crippen molar-refractivity contribution in [3.8, 4) is 0 Å². The van der Waals surface area contributed by atoms with Gasteiger partial charge in [-0.25, -0.2) is 9.97 Å². The molecule has 0 spiro atoms. The molecule has 1 heterocycles. The lowest BCUT2D eigenvalue weighted by atomic mass is 9.86. The van der Waals surface area contributed by atoms with Crippen LogP contribution in [0.25, 0.3) is 0 Å². The molecule has 1 N–H and O–H groups in total. The standard InChI is InChI=1S/C13H19N3O2/c1-2-18-12(17)10-5-3-6-11(9-10)16-13-14-7-4-8-15-13/h4,7-8,10-11H,2-3,5-6,9H2,1H3,(H,14,15,16)/t10-,11+/m0/s1. The third-order valence-corrected chi connectivity index (χ3v) is 3.19. The fourth-order valence-electron chi connectivity index (χ4n) is 2.35. The van der Waals surface area contributed by atoms with Gasteiger partial charge in [0.1, 0.15) is 0 Å². The van der Waals surface area contributed by atoms with Gasteiger partial charge in [-0.1, -0.05) is 6.42 Å². The maximum absolute atomic E-state index is 11.7. The molecule has 0 amide bonds. The Morgan fingerprint density at radius 2 is 2.22 bits per heavy atom. The topological polar surface area (TPSA) is 64.1 Å². The highest BCUT2D eigenvalue weighted by molar-refractivity contribution is 5.72. The zero-order valence-corrected chi connectivity index (χ0v) is 10.6. The number of ether oxygens (including phenoxy) is 1. The van der Waals surface area contributed by atoms with Crippen LogP contribution in [0.4, 0.5) is 5.95 Å². The van der Waals surface area contributed by atoms with Crippen LogP contribution in [0.15, 0.2) is 18.5 Å². The number of hydrogen-bond donors (Lipinski definition) is 1. The van der Waals surface area contributed by atoms with Gasteiger partial charge in [0.25, 0.3) is 0 Å². The van der Waals surface area contributed by atoms with E-state index in [-0.39, 0.29) is 17.9 Å². The first-order valence-corrected chi connectivity index (χ1v) is 6.49. The summed E-state index contributed by atoms with van der Waals surface area (Å²) in [6, 6.07) is 2.04. The van der Waals surface area contributed by atoms with Crippen LogP contribution in [0.1, 0.15) is 32.6 Å². The van der Waals surface area contributed by atoms with E-state index in [0.29, 0.717) is 12.6 Å². The second-order valence-electron chi connectivity index (χ2n) is 4.53. The van der Waals surface area contributed by atoms with E-state index in [0.717, 1.165) is 25.7 Å². The molecule has 18 heavy (non-hydrogen) atoms. The molecule has 0 aliphatic heterocycles. The Labute approximate surface area is 107 Å². The second kappa shape index (κ2) is 6.33. The first kappa shape index (κ1) is 12.8. The van der Waals surface area contributed by atoms with Crippen LogP contribution in [-0.4, -0.2) is 28.6 Å². The molecule has 1 aliphatic carbocycles. The average molecular weight is 249 g/mol. The first-order chi connectivity index (χ1) is 8.79. The summed E-state index contributed by atoms with van der Waals surface area (Å²) in [7, 11) is 0. The Kier molecular flexibility index (Phi) is 4.50. The molecule has 2 rings (SSSR count). The van der Waals surface area contributed by atoms with Crippen molar-refractivity contribution in [2.24, 2.45) is 5.92 Å². The van der Waals surface area contributed by atoms with Crippen LogP contribution in [0.2, 0.25) is 0 Å². The van der Waals surface area contributed by atoms with Crippen molar-refractivity contribution in [2.75, 3.05) is 11.9 Å². The summed E-state index contributed by atoms with van der Waals surface area (Å²) in [5.41, 5.74) is 0. The van der Waals surface area contributed by atoms with Crippen LogP contribution >= 0.6 is 0 Å². The van der Waals surface area contributed by atoms with Crippen molar-refractivity contribution in [3.05, 3.63) is 18.5 Å². The van der Waals surface area contributed by atoms with Gasteiger partial charge in [-0.3, -0.25) is 4.79 Å². The molecule has 5 heteroatoms. The number of rotatable bonds is 4. The van der Waals surface area contributed by atoms with Crippen molar-refractivity contribution >= 4 is 11.9 Å². The highest BCUT2D eigenvalue weighted by Gasteiger charge is 2.28. The van der Waals surface area contributed by atoms with Gasteiger partial charge >= 0.3 is 5.97 Å². The van der Waals surface area contributed by atoms with Crippen LogP contribution in [-0.2, 0) is 9.53 Å². The highest BCUT2D eigenvalue weighted by Crippen LogP contribution is 2.26. The minimum Gasteiger partial charge on any atom is -0.466 e. The Bertz CT molecular complexity index is 383. The SMILES string of the molecule is CCOC(=O)[C@H]1CCC[C@@H](Nc2ncccn2)C1. The summed E-state index contributed by atoms with van der Waals surface area (Å²) < 4.78 is 5.08. The fourth-order valence-corrected chi connectivity index (χ4v) is 2.35. The van der Waals surface area contributed by atoms with Gasteiger partial charge in [0.2, 0.25) is 5.95 Å². The number of nitrogens with one attached hydrogen (secondary N) is 1. The Morgan fingerprint density at radius 3 is 2.94 bits per heavy atom. The van der Waals surface area contributed by atoms with E-state index in [4.69, 9.17) is 4.74 Å². The molecule has 0 unspecified atom stereocenters. The van der Waals surface area contributed by atoms with Gasteiger partial charge in [0.15, 0.2) is 0 Å². The molecule has 1 aromatic heterocycles. The number of carbonyl (C=O) groups excluding carboxylic acids is 1. The molecule has 0 aromatic carbocycles. The molecular weight excluding hydrogens is 230 g/mol. The van der Waals surface area contributed by atoms with Crippen LogP contribution < -0.4 is 5.32 Å². The average Bonchev–Trinajstić information content (AvgIpc) is 2.40. The maximum Gasteiger partial charge on any atom is 0.308 e. The molecule has 0 bridgehead atoms. The van der Waals surface area contributed by atoms with E-state index in [1.165, 1.54) is 0 Å². The molecule has 1 aliphatic rings. The van der Waals surface area contributed by atoms with Gasteiger partial charge in [0.05, 0.1) is 12.5 Å². The lowest BCUT2D eigenvalue weighted by Crippen LogP contribution is -2.32. The summed E-state index contributed by atoms with van der Waals surface area (Å²) in [5, 5.41) is 3.28. The van der Waals surface area contributed by atoms with Crippen molar-refractivity contribution in [3.63, 3.8) is 0 Å². The van der Waals surface area contributed by atoms with Gasteiger partial charge in [-0.15, -0.1) is 0 Å². The smallest absolute Gasteiger partial charge is 0.308 e. The van der Waals surface area contributed by atoms with E-state index >= 15 is 0 Å². The third kappa shape index (κ3) is 3.42. The van der Waals surface area contributed by atoms with Crippen LogP contribution in [0, 0.1) is 5.92 Å². The molecule has 0 radical (unpaired) electrons. The lowest BCUT2D eigenvalue weighted by Gasteiger charge is -2.28. The maximum atomic E-state index is 11.7. The molecule has 5 nitrogen and oxygen atoms in total. The monoisotopic (exact) mass is 249 g/mol. The van der Waals surface area contributed by atoms with E-state index in [1.54, 1.807) is 18.5 Å². The van der Waals surface area contributed by atoms with Gasteiger partial charge in [-0.05, 0) is 32.3 Å². The normalized spacial score (nSPS) is 23.4. The van der Waals surface area contributed by atoms with E-state index in [9.17, 15) is 4.79 Å². The largest absolute Gasteiger partial charge is 0.466 e. The third-order valence-electron chi connectivity index (χ3n) is 3.19. The van der Waals surface area contributed by atoms with Crippen molar-refractivity contribution in [1.82, 2.24) is 9.97 Å². The minimum atomic E-state index is -0.0713. The summed E-state index contributed by atoms with van der Waals surface area (Å²) >= 11 is 0. The Hall–Kier alpha value is -1.65. The molecule has 98 valence electrons. The minimum absolute atomic E-state index is 0.0138. The number of esters is 1. The van der Waals surface area contributed by atoms with Gasteiger partial charge < -0.3 is 10.1 Å². The molecule has 0 saturated heterocycles. The van der Waals surface area contributed by atoms with Gasteiger partial charge in [0, 0.05) is 18.4 Å². The van der Waals surface area contributed by atoms with Gasteiger partial charge in [-0.2, -0.15) is 0 Å². The number of aromatic nitrogens is 2. The van der Waals surface area contributed by atoms with E-state index < -0.39 is 0 Å². The second-order valence-corrected chi connectivity index (χ2v) is 4.53. The fraction of sp³-hybridized carbons (Fsp3) is 0.615. The van der Waals surface area contributed by atoms with Crippen LogP contribution in [0.3, 0.4) is 0 Å². The number of nitrogens with zero attached hydrogens (tertiary/aromatic N) is 2. The molecule has 2 atom stereocenters. The summed E-state index contributed by atoms with van der Waals surface area (Å²) in [6.45, 7) is 2.30. The Morgan fingerprint density at radius 1 is 1.44 bits per heavy atom. The van der Waals surface area contributed by atoms with E-state index in [2.05, 4.69) is 15.3 Å². The number of hydrogen-bond acceptors (Lipinski definition) is 5. The highest BCUT2D eigenvalue weighted by atomic mass is 16.5. The summed E-state index contributed by atoms with van der Waals surface area (Å²) in [4.78, 5) is 20.0. The summed E-state index contributed by atoms with van der Waals surface area (Å²) in [5.74, 6) is 0.574. The predicted octanol–water partition coefficient (Wildman–Crippen LogP) is 2.01. The zero-order valence-electron chi connectivity index (χ0n) is 10.6. The van der Waals surface area contributed by atoms with Crippen LogP contribution in [0.5, 0.6) is 0 Å². The quantitative estimate of drug-likeness (QED) is 0.827. The zero-order chi connectivity index (χ0) is 12.8. The van der Waals surface area contributed by atoms with Crippen molar-refractivity contribution < 1.29 is 9.53 Å².